The van der Waals surface area contributed by atoms with E-state index < -0.39 is 10.8 Å². The zero-order valence-electron chi connectivity index (χ0n) is 17.1. The number of carbonyl (C=O) groups excluding carboxylic acids is 1. The van der Waals surface area contributed by atoms with Crippen molar-refractivity contribution in [2.45, 2.75) is 0 Å². The van der Waals surface area contributed by atoms with Crippen LogP contribution in [0.1, 0.15) is 10.6 Å². The van der Waals surface area contributed by atoms with Crippen LogP contribution in [0.2, 0.25) is 10.0 Å². The molecule has 1 N–H and O–H groups in total. The van der Waals surface area contributed by atoms with Crippen molar-refractivity contribution in [1.29, 1.82) is 0 Å². The van der Waals surface area contributed by atoms with Gasteiger partial charge in [0.15, 0.2) is 11.3 Å². The van der Waals surface area contributed by atoms with Gasteiger partial charge in [0, 0.05) is 34.0 Å². The Balaban J connectivity index is 1.37. The first-order valence-electron chi connectivity index (χ1n) is 9.89. The molecule has 3 aromatic carbocycles. The highest BCUT2D eigenvalue weighted by Crippen LogP contribution is 2.33. The van der Waals surface area contributed by atoms with Gasteiger partial charge in [0.2, 0.25) is 5.89 Å². The van der Waals surface area contributed by atoms with E-state index in [0.29, 0.717) is 49.6 Å². The number of amides is 1. The van der Waals surface area contributed by atoms with E-state index in [9.17, 15) is 14.9 Å². The molecule has 8 nitrogen and oxygen atoms in total. The summed E-state index contributed by atoms with van der Waals surface area (Å²) in [6, 6.07) is 19.2. The van der Waals surface area contributed by atoms with E-state index >= 15 is 0 Å². The van der Waals surface area contributed by atoms with Gasteiger partial charge in [-0.2, -0.15) is 0 Å². The summed E-state index contributed by atoms with van der Waals surface area (Å²) in [5, 5.41) is 14.6. The van der Waals surface area contributed by atoms with E-state index in [0.717, 1.165) is 0 Å². The first-order valence-corrected chi connectivity index (χ1v) is 10.6. The summed E-state index contributed by atoms with van der Waals surface area (Å²) in [5.74, 6) is 0.224. The van der Waals surface area contributed by atoms with Crippen LogP contribution in [0.25, 0.3) is 33.9 Å². The Morgan fingerprint density at radius 2 is 1.74 bits per heavy atom. The second-order valence-electron chi connectivity index (χ2n) is 7.26. The smallest absolute Gasteiger partial charge is 0.291 e. The Labute approximate surface area is 201 Å². The Morgan fingerprint density at radius 1 is 0.941 bits per heavy atom. The molecule has 0 aliphatic rings. The van der Waals surface area contributed by atoms with E-state index in [4.69, 9.17) is 32.0 Å². The zero-order chi connectivity index (χ0) is 23.8. The number of carbonyl (C=O) groups is 1. The number of rotatable bonds is 5. The Morgan fingerprint density at radius 3 is 2.56 bits per heavy atom. The highest BCUT2D eigenvalue weighted by Gasteiger charge is 2.16. The monoisotopic (exact) mass is 493 g/mol. The van der Waals surface area contributed by atoms with E-state index in [2.05, 4.69) is 10.3 Å². The second kappa shape index (κ2) is 8.66. The second-order valence-corrected chi connectivity index (χ2v) is 8.10. The van der Waals surface area contributed by atoms with Crippen LogP contribution in [0.5, 0.6) is 0 Å². The lowest BCUT2D eigenvalue weighted by molar-refractivity contribution is -0.384. The molecule has 0 aliphatic carbocycles. The number of nitrogens with one attached hydrogen (secondary N) is 1. The minimum Gasteiger partial charge on any atom is -0.451 e. The van der Waals surface area contributed by atoms with Gasteiger partial charge in [0.05, 0.1) is 9.95 Å². The number of furan rings is 1. The maximum atomic E-state index is 12.7. The summed E-state index contributed by atoms with van der Waals surface area (Å²) in [6.07, 6.45) is 0. The molecule has 0 saturated heterocycles. The van der Waals surface area contributed by atoms with Crippen LogP contribution in [-0.2, 0) is 0 Å². The number of fused-ring (bicyclic) bond motifs is 1. The number of halogens is 2. The van der Waals surface area contributed by atoms with E-state index in [1.165, 1.54) is 18.2 Å². The average molecular weight is 494 g/mol. The molecule has 0 atom stereocenters. The van der Waals surface area contributed by atoms with Gasteiger partial charge in [-0.05, 0) is 42.5 Å². The Bertz CT molecular complexity index is 1570. The number of nitro benzene ring substituents is 1. The Hall–Kier alpha value is -4.14. The van der Waals surface area contributed by atoms with Gasteiger partial charge in [-0.25, -0.2) is 4.98 Å². The van der Waals surface area contributed by atoms with Crippen LogP contribution in [0.3, 0.4) is 0 Å². The molecule has 0 fully saturated rings. The van der Waals surface area contributed by atoms with Crippen LogP contribution >= 0.6 is 23.2 Å². The number of nitrogens with zero attached hydrogens (tertiary/aromatic N) is 2. The van der Waals surface area contributed by atoms with Gasteiger partial charge >= 0.3 is 0 Å². The van der Waals surface area contributed by atoms with Crippen molar-refractivity contribution >= 4 is 51.6 Å². The third-order valence-corrected chi connectivity index (χ3v) is 5.45. The molecule has 1 amide bonds. The lowest BCUT2D eigenvalue weighted by atomic mass is 10.1. The minimum absolute atomic E-state index is 0.0511. The summed E-state index contributed by atoms with van der Waals surface area (Å²) in [5.41, 5.74) is 2.47. The van der Waals surface area contributed by atoms with Crippen LogP contribution < -0.4 is 5.32 Å². The molecule has 0 unspecified atom stereocenters. The molecule has 5 aromatic rings. The topological polar surface area (TPSA) is 111 Å². The number of aromatic nitrogens is 1. The van der Waals surface area contributed by atoms with Gasteiger partial charge < -0.3 is 14.2 Å². The number of nitro groups is 1. The third-order valence-electron chi connectivity index (χ3n) is 4.95. The third kappa shape index (κ3) is 4.24. The lowest BCUT2D eigenvalue weighted by Gasteiger charge is -2.05. The molecule has 0 radical (unpaired) electrons. The molecule has 0 spiro atoms. The van der Waals surface area contributed by atoms with Gasteiger partial charge in [-0.3, -0.25) is 14.9 Å². The number of hydrogen-bond donors (Lipinski definition) is 1. The molecule has 2 aromatic heterocycles. The molecule has 0 bridgehead atoms. The van der Waals surface area contributed by atoms with Crippen molar-refractivity contribution < 1.29 is 18.6 Å². The molecule has 10 heteroatoms. The van der Waals surface area contributed by atoms with E-state index in [-0.39, 0.29) is 11.4 Å². The summed E-state index contributed by atoms with van der Waals surface area (Å²) >= 11 is 12.2. The van der Waals surface area contributed by atoms with Gasteiger partial charge in [-0.1, -0.05) is 41.4 Å². The maximum Gasteiger partial charge on any atom is 0.291 e. The first-order chi connectivity index (χ1) is 16.4. The van der Waals surface area contributed by atoms with E-state index in [1.807, 2.05) is 0 Å². The fourth-order valence-electron chi connectivity index (χ4n) is 3.39. The predicted molar refractivity (Wildman–Crippen MR) is 128 cm³/mol. The number of non-ortho nitro benzene ring substituents is 1. The van der Waals surface area contributed by atoms with Crippen molar-refractivity contribution in [2.75, 3.05) is 5.32 Å². The van der Waals surface area contributed by atoms with Crippen LogP contribution in [0.15, 0.2) is 81.6 Å². The zero-order valence-corrected chi connectivity index (χ0v) is 18.6. The predicted octanol–water partition coefficient (Wildman–Crippen LogP) is 7.22. The quantitative estimate of drug-likeness (QED) is 0.204. The first kappa shape index (κ1) is 21.7. The van der Waals surface area contributed by atoms with Gasteiger partial charge in [-0.15, -0.1) is 0 Å². The standard InChI is InChI=1S/C24H13Cl2N3O5/c25-15-11-18(26)22-19(12-15)28-24(34-22)14-4-1-5-16(9-14)27-23(30)21-8-7-20(33-21)13-3-2-6-17(10-13)29(31)32/h1-12H,(H,27,30). The van der Waals surface area contributed by atoms with Crippen LogP contribution in [-0.4, -0.2) is 15.8 Å². The molecule has 34 heavy (non-hydrogen) atoms. The van der Waals surface area contributed by atoms with Gasteiger partial charge in [0.1, 0.15) is 11.3 Å². The number of anilines is 1. The highest BCUT2D eigenvalue weighted by molar-refractivity contribution is 6.38. The molecular weight excluding hydrogens is 481 g/mol. The van der Waals surface area contributed by atoms with Crippen LogP contribution in [0.4, 0.5) is 11.4 Å². The highest BCUT2D eigenvalue weighted by atomic mass is 35.5. The molecule has 2 heterocycles. The van der Waals surface area contributed by atoms with Gasteiger partial charge in [0.25, 0.3) is 11.6 Å². The SMILES string of the molecule is O=C(Nc1cccc(-c2nc3cc(Cl)cc(Cl)c3o2)c1)c1ccc(-c2cccc([N+](=O)[O-])c2)o1. The van der Waals surface area contributed by atoms with Crippen LogP contribution in [0, 0.1) is 10.1 Å². The van der Waals surface area contributed by atoms with Crippen molar-refractivity contribution in [1.82, 2.24) is 4.98 Å². The normalized spacial score (nSPS) is 11.0. The molecule has 5 rings (SSSR count). The van der Waals surface area contributed by atoms with Crippen molar-refractivity contribution in [3.8, 4) is 22.8 Å². The van der Waals surface area contributed by atoms with Crippen molar-refractivity contribution in [3.05, 3.63) is 98.7 Å². The largest absolute Gasteiger partial charge is 0.451 e. The minimum atomic E-state index is -0.494. The fraction of sp³-hybridized carbons (Fsp3) is 0. The number of benzene rings is 3. The summed E-state index contributed by atoms with van der Waals surface area (Å²) in [4.78, 5) is 27.7. The van der Waals surface area contributed by atoms with Crippen molar-refractivity contribution in [2.24, 2.45) is 0 Å². The van der Waals surface area contributed by atoms with E-state index in [1.54, 1.807) is 54.6 Å². The molecular formula is C24H13Cl2N3O5. The van der Waals surface area contributed by atoms with Crippen molar-refractivity contribution in [3.63, 3.8) is 0 Å². The number of hydrogen-bond acceptors (Lipinski definition) is 6. The fourth-order valence-corrected chi connectivity index (χ4v) is 3.91. The lowest BCUT2D eigenvalue weighted by Crippen LogP contribution is -2.10. The average Bonchev–Trinajstić information content (AvgIpc) is 3.47. The maximum absolute atomic E-state index is 12.7. The Kier molecular flexibility index (Phi) is 5.53. The summed E-state index contributed by atoms with van der Waals surface area (Å²) < 4.78 is 11.4. The number of oxazole rings is 1. The molecule has 0 aliphatic heterocycles. The summed E-state index contributed by atoms with van der Waals surface area (Å²) in [6.45, 7) is 0. The molecule has 0 saturated carbocycles. The molecule has 168 valence electrons. The summed E-state index contributed by atoms with van der Waals surface area (Å²) in [7, 11) is 0.